The summed E-state index contributed by atoms with van der Waals surface area (Å²) < 4.78 is 19.6. The molecule has 0 fully saturated rings. The number of alkyl halides is 1. The van der Waals surface area contributed by atoms with Crippen molar-refractivity contribution in [2.45, 2.75) is 39.1 Å². The van der Waals surface area contributed by atoms with Crippen molar-refractivity contribution in [3.05, 3.63) is 36.2 Å². The lowest BCUT2D eigenvalue weighted by Gasteiger charge is -2.24. The third-order valence-corrected chi connectivity index (χ3v) is 2.67. The molecule has 0 saturated carbocycles. The Morgan fingerprint density at radius 3 is 2.13 bits per heavy atom. The Labute approximate surface area is 133 Å². The van der Waals surface area contributed by atoms with Crippen molar-refractivity contribution in [1.29, 1.82) is 0 Å². The lowest BCUT2D eigenvalue weighted by molar-refractivity contribution is 0.0291. The number of carbonyl (C=O) groups is 1. The summed E-state index contributed by atoms with van der Waals surface area (Å²) in [4.78, 5) is 11.7. The van der Waals surface area contributed by atoms with Gasteiger partial charge in [-0.15, -0.1) is 20.4 Å². The molecule has 0 bridgehead atoms. The third-order valence-electron chi connectivity index (χ3n) is 2.67. The van der Waals surface area contributed by atoms with E-state index in [1.54, 1.807) is 32.9 Å². The number of hydrogen-bond donors (Lipinski definition) is 1. The molecule has 0 aliphatic heterocycles. The van der Waals surface area contributed by atoms with Gasteiger partial charge in [-0.1, -0.05) is 30.3 Å². The number of hydrogen-bond acceptors (Lipinski definition) is 6. The van der Waals surface area contributed by atoms with Crippen molar-refractivity contribution in [3.63, 3.8) is 0 Å². The molecule has 23 heavy (non-hydrogen) atoms. The van der Waals surface area contributed by atoms with Crippen LogP contribution in [0.2, 0.25) is 0 Å². The molecule has 0 radical (unpaired) electrons. The molecular formula is C15H18FN5O2. The minimum atomic E-state index is -2.35. The Morgan fingerprint density at radius 1 is 1.04 bits per heavy atom. The molecule has 1 heterocycles. The van der Waals surface area contributed by atoms with Crippen molar-refractivity contribution >= 4 is 6.09 Å². The molecule has 2 aromatic rings. The maximum absolute atomic E-state index is 14.6. The topological polar surface area (TPSA) is 89.9 Å². The summed E-state index contributed by atoms with van der Waals surface area (Å²) in [6.45, 7) is 6.13. The van der Waals surface area contributed by atoms with E-state index in [-0.39, 0.29) is 11.6 Å². The average molecular weight is 319 g/mol. The Balaban J connectivity index is 2.13. The van der Waals surface area contributed by atoms with Crippen molar-refractivity contribution in [2.75, 3.05) is 0 Å². The van der Waals surface area contributed by atoms with Gasteiger partial charge < -0.3 is 4.74 Å². The monoisotopic (exact) mass is 319 g/mol. The molecule has 122 valence electrons. The van der Waals surface area contributed by atoms with Crippen LogP contribution in [0.5, 0.6) is 0 Å². The van der Waals surface area contributed by atoms with Crippen LogP contribution in [0, 0.1) is 0 Å². The lowest BCUT2D eigenvalue weighted by atomic mass is 10.2. The zero-order chi connectivity index (χ0) is 17.1. The molecule has 0 spiro atoms. The van der Waals surface area contributed by atoms with Gasteiger partial charge in [0.25, 0.3) is 0 Å². The van der Waals surface area contributed by atoms with Gasteiger partial charge in [0.1, 0.15) is 5.60 Å². The van der Waals surface area contributed by atoms with E-state index in [1.807, 2.05) is 18.2 Å². The number of benzene rings is 1. The molecule has 1 N–H and O–H groups in total. The quantitative estimate of drug-likeness (QED) is 0.875. The van der Waals surface area contributed by atoms with Gasteiger partial charge >= 0.3 is 6.09 Å². The molecule has 1 aromatic carbocycles. The van der Waals surface area contributed by atoms with Crippen LogP contribution < -0.4 is 5.32 Å². The van der Waals surface area contributed by atoms with Crippen LogP contribution in [0.4, 0.5) is 9.18 Å². The predicted octanol–water partition coefficient (Wildman–Crippen LogP) is 2.60. The largest absolute Gasteiger partial charge is 0.444 e. The summed E-state index contributed by atoms with van der Waals surface area (Å²) in [5.41, 5.74) is -0.0333. The molecule has 0 aliphatic rings. The first-order valence-electron chi connectivity index (χ1n) is 7.01. The fourth-order valence-corrected chi connectivity index (χ4v) is 1.67. The molecule has 1 amide bonds. The maximum atomic E-state index is 14.6. The maximum Gasteiger partial charge on any atom is 0.410 e. The highest BCUT2D eigenvalue weighted by molar-refractivity contribution is 5.68. The molecular weight excluding hydrogens is 301 g/mol. The van der Waals surface area contributed by atoms with Crippen molar-refractivity contribution < 1.29 is 13.9 Å². The summed E-state index contributed by atoms with van der Waals surface area (Å²) in [5, 5.41) is 17.2. The fourth-order valence-electron chi connectivity index (χ4n) is 1.67. The minimum absolute atomic E-state index is 0.266. The Morgan fingerprint density at radius 2 is 1.61 bits per heavy atom. The fraction of sp³-hybridized carbons (Fsp3) is 0.400. The van der Waals surface area contributed by atoms with E-state index in [2.05, 4.69) is 25.7 Å². The van der Waals surface area contributed by atoms with Gasteiger partial charge in [-0.05, 0) is 27.7 Å². The molecule has 1 unspecified atom stereocenters. The molecule has 8 heteroatoms. The number of aromatic nitrogens is 4. The van der Waals surface area contributed by atoms with Gasteiger partial charge in [0.15, 0.2) is 0 Å². The van der Waals surface area contributed by atoms with Gasteiger partial charge in [0.2, 0.25) is 17.4 Å². The first-order chi connectivity index (χ1) is 10.7. The summed E-state index contributed by atoms with van der Waals surface area (Å²) in [6, 6.07) is 9.05. The van der Waals surface area contributed by atoms with Crippen LogP contribution in [-0.2, 0) is 10.5 Å². The second-order valence-electron chi connectivity index (χ2n) is 6.04. The van der Waals surface area contributed by atoms with Crippen LogP contribution >= 0.6 is 0 Å². The van der Waals surface area contributed by atoms with Gasteiger partial charge in [0, 0.05) is 5.56 Å². The standard InChI is InChI=1S/C15H18FN5O2/c1-14(2,3)23-13(22)17-15(4,16)12-20-18-11(19-21-12)10-8-6-5-7-9-10/h5-9H,1-4H3,(H,17,22). The van der Waals surface area contributed by atoms with Crippen LogP contribution in [0.1, 0.15) is 33.5 Å². The van der Waals surface area contributed by atoms with Crippen LogP contribution in [0.3, 0.4) is 0 Å². The normalized spacial score (nSPS) is 14.0. The summed E-state index contributed by atoms with van der Waals surface area (Å²) in [5.74, 6) is -2.44. The van der Waals surface area contributed by atoms with Crippen molar-refractivity contribution in [3.8, 4) is 11.4 Å². The van der Waals surface area contributed by atoms with Crippen LogP contribution in [-0.4, -0.2) is 32.1 Å². The number of ether oxygens (including phenoxy) is 1. The number of halogens is 1. The highest BCUT2D eigenvalue weighted by atomic mass is 19.1. The number of alkyl carbamates (subject to hydrolysis) is 1. The first kappa shape index (κ1) is 16.7. The smallest absolute Gasteiger partial charge is 0.410 e. The molecule has 1 atom stereocenters. The molecule has 7 nitrogen and oxygen atoms in total. The van der Waals surface area contributed by atoms with Gasteiger partial charge in [-0.25, -0.2) is 9.18 Å². The van der Waals surface area contributed by atoms with E-state index < -0.39 is 17.5 Å². The minimum Gasteiger partial charge on any atom is -0.444 e. The average Bonchev–Trinajstić information content (AvgIpc) is 2.45. The third kappa shape index (κ3) is 4.67. The van der Waals surface area contributed by atoms with E-state index in [4.69, 9.17) is 4.74 Å². The summed E-state index contributed by atoms with van der Waals surface area (Å²) >= 11 is 0. The zero-order valence-corrected chi connectivity index (χ0v) is 13.4. The highest BCUT2D eigenvalue weighted by Gasteiger charge is 2.34. The number of amides is 1. The zero-order valence-electron chi connectivity index (χ0n) is 13.4. The summed E-state index contributed by atoms with van der Waals surface area (Å²) in [6.07, 6.45) is -0.918. The number of nitrogens with zero attached hydrogens (tertiary/aromatic N) is 4. The Hall–Kier alpha value is -2.64. The molecule has 1 aromatic heterocycles. The van der Waals surface area contributed by atoms with Gasteiger partial charge in [0.05, 0.1) is 0 Å². The lowest BCUT2D eigenvalue weighted by Crippen LogP contribution is -2.44. The highest BCUT2D eigenvalue weighted by Crippen LogP contribution is 2.19. The van der Waals surface area contributed by atoms with Crippen molar-refractivity contribution in [2.24, 2.45) is 0 Å². The molecule has 2 rings (SSSR count). The van der Waals surface area contributed by atoms with E-state index in [0.717, 1.165) is 6.92 Å². The molecule has 0 aliphatic carbocycles. The number of carbonyl (C=O) groups excluding carboxylic acids is 1. The Bertz CT molecular complexity index is 669. The number of nitrogens with one attached hydrogen (secondary N) is 1. The SMILES string of the molecule is CC(C)(C)OC(=O)NC(C)(F)c1nnc(-c2ccccc2)nn1. The Kier molecular flexibility index (Phi) is 4.53. The van der Waals surface area contributed by atoms with Gasteiger partial charge in [-0.3, -0.25) is 5.32 Å². The van der Waals surface area contributed by atoms with E-state index in [0.29, 0.717) is 5.56 Å². The first-order valence-corrected chi connectivity index (χ1v) is 7.01. The summed E-state index contributed by atoms with van der Waals surface area (Å²) in [7, 11) is 0. The van der Waals surface area contributed by atoms with E-state index >= 15 is 0 Å². The predicted molar refractivity (Wildman–Crippen MR) is 80.9 cm³/mol. The number of rotatable bonds is 3. The van der Waals surface area contributed by atoms with Gasteiger partial charge in [-0.2, -0.15) is 0 Å². The van der Waals surface area contributed by atoms with E-state index in [9.17, 15) is 9.18 Å². The van der Waals surface area contributed by atoms with E-state index in [1.165, 1.54) is 0 Å². The van der Waals surface area contributed by atoms with Crippen LogP contribution in [0.15, 0.2) is 30.3 Å². The molecule has 0 saturated heterocycles. The van der Waals surface area contributed by atoms with Crippen LogP contribution in [0.25, 0.3) is 11.4 Å². The second kappa shape index (κ2) is 6.23. The second-order valence-corrected chi connectivity index (χ2v) is 6.04. The van der Waals surface area contributed by atoms with Crippen molar-refractivity contribution in [1.82, 2.24) is 25.7 Å².